The molecule has 3 rings (SSSR count). The van der Waals surface area contributed by atoms with Gasteiger partial charge >= 0.3 is 0 Å². The summed E-state index contributed by atoms with van der Waals surface area (Å²) >= 11 is 6.11. The van der Waals surface area contributed by atoms with Crippen LogP contribution < -0.4 is 20.8 Å². The first-order valence-electron chi connectivity index (χ1n) is 7.81. The van der Waals surface area contributed by atoms with Gasteiger partial charge in [-0.2, -0.15) is 0 Å². The highest BCUT2D eigenvalue weighted by atomic mass is 35.5. The predicted molar refractivity (Wildman–Crippen MR) is 104 cm³/mol. The number of nitrogens with zero attached hydrogens (tertiary/aromatic N) is 3. The van der Waals surface area contributed by atoms with Gasteiger partial charge in [0.1, 0.15) is 18.3 Å². The summed E-state index contributed by atoms with van der Waals surface area (Å²) in [5.41, 5.74) is 8.74. The van der Waals surface area contributed by atoms with Gasteiger partial charge in [0.15, 0.2) is 11.4 Å². The predicted octanol–water partition coefficient (Wildman–Crippen LogP) is 1.51. The van der Waals surface area contributed by atoms with E-state index < -0.39 is 0 Å². The van der Waals surface area contributed by atoms with Crippen molar-refractivity contribution in [2.24, 2.45) is 5.73 Å². The lowest BCUT2D eigenvalue weighted by Crippen LogP contribution is -2.63. The zero-order valence-corrected chi connectivity index (χ0v) is 15.1. The number of aromatic nitrogens is 3. The van der Waals surface area contributed by atoms with E-state index in [1.54, 1.807) is 25.6 Å². The molecule has 0 spiro atoms. The number of hydrogen-bond donors (Lipinski definition) is 3. The number of hydrogen-bond acceptors (Lipinski definition) is 6. The number of fused-ring (bicyclic) bond motifs is 1. The summed E-state index contributed by atoms with van der Waals surface area (Å²) in [6.45, 7) is 0. The lowest BCUT2D eigenvalue weighted by atomic mass is 10.1. The Hall–Kier alpha value is -3.19. The molecule has 0 radical (unpaired) electrons. The Balaban J connectivity index is 1.96. The number of nitrogens with two attached hydrogens (primary N) is 1. The second-order valence-electron chi connectivity index (χ2n) is 5.33. The molecule has 2 heterocycles. The number of halogens is 1. The van der Waals surface area contributed by atoms with Gasteiger partial charge in [-0.15, -0.1) is 0 Å². The number of ether oxygens (including phenoxy) is 1. The van der Waals surface area contributed by atoms with Gasteiger partial charge in [0.2, 0.25) is 5.95 Å². The van der Waals surface area contributed by atoms with E-state index in [2.05, 4.69) is 25.3 Å². The molecule has 1 aromatic carbocycles. The number of methoxy groups -OCH3 is 1. The summed E-state index contributed by atoms with van der Waals surface area (Å²) in [6, 6.07) is 7.48. The third-order valence-corrected chi connectivity index (χ3v) is 3.99. The van der Waals surface area contributed by atoms with E-state index in [1.807, 2.05) is 31.5 Å². The summed E-state index contributed by atoms with van der Waals surface area (Å²) in [6.07, 6.45) is 6.65. The third-order valence-electron chi connectivity index (χ3n) is 3.72. The van der Waals surface area contributed by atoms with E-state index in [1.165, 1.54) is 6.20 Å². The van der Waals surface area contributed by atoms with Gasteiger partial charge in [-0.1, -0.05) is 17.7 Å². The van der Waals surface area contributed by atoms with Crippen LogP contribution in [-0.2, 0) is 0 Å². The Bertz CT molecular complexity index is 1000. The van der Waals surface area contributed by atoms with Crippen LogP contribution in [0.5, 0.6) is 5.75 Å². The number of nitrogens with one attached hydrogen (secondary N) is 2. The standard InChI is InChI=1S/C18H17ClN6O/c1-21-9-13(8-20)11-3-4-14(15(7-11)26-2)24-18-23-10-12-5-6-22-17(19)16(12)25-18/h3-10H,20H2,1-2H3,(H,23,24,25)/p+1. The Morgan fingerprint density at radius 1 is 1.31 bits per heavy atom. The van der Waals surface area contributed by atoms with Crippen molar-refractivity contribution in [3.8, 4) is 5.75 Å². The Morgan fingerprint density at radius 3 is 2.88 bits per heavy atom. The van der Waals surface area contributed by atoms with Crippen LogP contribution >= 0.6 is 11.6 Å². The maximum atomic E-state index is 6.11. The maximum absolute atomic E-state index is 6.11. The molecule has 0 aliphatic carbocycles. The fourth-order valence-corrected chi connectivity index (χ4v) is 2.67. The summed E-state index contributed by atoms with van der Waals surface area (Å²) in [4.78, 5) is 15.7. The van der Waals surface area contributed by atoms with Gasteiger partial charge in [0.05, 0.1) is 18.4 Å². The topological polar surface area (TPSA) is 99.9 Å². The summed E-state index contributed by atoms with van der Waals surface area (Å²) in [5.74, 6) is 1.03. The van der Waals surface area contributed by atoms with Gasteiger partial charge in [-0.05, 0) is 23.8 Å². The van der Waals surface area contributed by atoms with Crippen molar-refractivity contribution in [3.63, 3.8) is 0 Å². The number of anilines is 2. The van der Waals surface area contributed by atoms with Crippen LogP contribution in [0.15, 0.2) is 42.9 Å². The molecular formula is C18H18ClN6O+. The van der Waals surface area contributed by atoms with Crippen LogP contribution in [0, 0.1) is 0 Å². The second kappa shape index (κ2) is 7.79. The first-order valence-corrected chi connectivity index (χ1v) is 8.19. The minimum absolute atomic E-state index is 0.329. The molecule has 2 aromatic heterocycles. The van der Waals surface area contributed by atoms with Crippen LogP contribution in [0.4, 0.5) is 11.6 Å². The molecule has 0 unspecified atom stereocenters. The largest absolute Gasteiger partial charge is 0.495 e. The monoisotopic (exact) mass is 369 g/mol. The molecule has 0 atom stereocenters. The van der Waals surface area contributed by atoms with Gasteiger partial charge in [-0.3, -0.25) is 4.99 Å². The lowest BCUT2D eigenvalue weighted by molar-refractivity contribution is -0.412. The van der Waals surface area contributed by atoms with Gasteiger partial charge in [0.25, 0.3) is 0 Å². The first kappa shape index (κ1) is 17.6. The Morgan fingerprint density at radius 2 is 2.15 bits per heavy atom. The number of allylic oxidation sites excluding steroid dienone is 1. The second-order valence-corrected chi connectivity index (χ2v) is 5.69. The first-order chi connectivity index (χ1) is 12.7. The maximum Gasteiger partial charge on any atom is 0.227 e. The van der Waals surface area contributed by atoms with Crippen molar-refractivity contribution in [1.29, 1.82) is 0 Å². The summed E-state index contributed by atoms with van der Waals surface area (Å²) in [5, 5.41) is 4.30. The van der Waals surface area contributed by atoms with Crippen molar-refractivity contribution in [2.45, 2.75) is 0 Å². The van der Waals surface area contributed by atoms with E-state index in [-0.39, 0.29) is 0 Å². The van der Waals surface area contributed by atoms with Crippen LogP contribution in [-0.4, -0.2) is 35.3 Å². The van der Waals surface area contributed by atoms with Crippen molar-refractivity contribution in [3.05, 3.63) is 53.6 Å². The highest BCUT2D eigenvalue weighted by molar-refractivity contribution is 6.33. The molecule has 26 heavy (non-hydrogen) atoms. The molecule has 0 fully saturated rings. The van der Waals surface area contributed by atoms with Crippen LogP contribution in [0.1, 0.15) is 5.56 Å². The van der Waals surface area contributed by atoms with Crippen molar-refractivity contribution >= 4 is 45.9 Å². The number of rotatable bonds is 5. The number of pyridine rings is 1. The van der Waals surface area contributed by atoms with Crippen molar-refractivity contribution in [1.82, 2.24) is 15.0 Å². The van der Waals surface area contributed by atoms with Crippen LogP contribution in [0.25, 0.3) is 16.5 Å². The highest BCUT2D eigenvalue weighted by Crippen LogP contribution is 2.30. The molecule has 0 saturated carbocycles. The molecule has 3 aromatic rings. The summed E-state index contributed by atoms with van der Waals surface area (Å²) < 4.78 is 5.48. The molecule has 0 saturated heterocycles. The van der Waals surface area contributed by atoms with Gasteiger partial charge < -0.3 is 15.8 Å². The Kier molecular flexibility index (Phi) is 5.28. The van der Waals surface area contributed by atoms with E-state index in [9.17, 15) is 0 Å². The van der Waals surface area contributed by atoms with Gasteiger partial charge in [-0.25, -0.2) is 15.0 Å². The van der Waals surface area contributed by atoms with E-state index in [0.29, 0.717) is 22.4 Å². The van der Waals surface area contributed by atoms with E-state index in [0.717, 1.165) is 22.2 Å². The molecule has 0 amide bonds. The highest BCUT2D eigenvalue weighted by Gasteiger charge is 2.10. The average molecular weight is 370 g/mol. The SMILES string of the molecule is C[NH+]=CC(=CN)c1ccc(Nc2ncc3ccnc(Cl)c3n2)c(OC)c1. The van der Waals surface area contributed by atoms with E-state index >= 15 is 0 Å². The van der Waals surface area contributed by atoms with E-state index in [4.69, 9.17) is 22.1 Å². The quantitative estimate of drug-likeness (QED) is 0.465. The van der Waals surface area contributed by atoms with Gasteiger partial charge in [0, 0.05) is 24.0 Å². The fourth-order valence-electron chi connectivity index (χ4n) is 2.46. The molecular weight excluding hydrogens is 352 g/mol. The molecule has 132 valence electrons. The van der Waals surface area contributed by atoms with Crippen molar-refractivity contribution in [2.75, 3.05) is 19.5 Å². The Labute approximate surface area is 155 Å². The number of benzene rings is 1. The molecule has 0 aliphatic rings. The molecule has 4 N–H and O–H groups in total. The lowest BCUT2D eigenvalue weighted by Gasteiger charge is -2.12. The summed E-state index contributed by atoms with van der Waals surface area (Å²) in [7, 11) is 3.41. The molecule has 8 heteroatoms. The zero-order chi connectivity index (χ0) is 18.5. The molecule has 7 nitrogen and oxygen atoms in total. The average Bonchev–Trinajstić information content (AvgIpc) is 2.67. The molecule has 0 aliphatic heterocycles. The minimum atomic E-state index is 0.329. The smallest absolute Gasteiger partial charge is 0.227 e. The third kappa shape index (κ3) is 3.57. The van der Waals surface area contributed by atoms with Crippen molar-refractivity contribution < 1.29 is 9.73 Å². The normalized spacial score (nSPS) is 11.9. The zero-order valence-electron chi connectivity index (χ0n) is 14.3. The van der Waals surface area contributed by atoms with Crippen LogP contribution in [0.2, 0.25) is 5.15 Å². The fraction of sp³-hybridized carbons (Fsp3) is 0.111. The van der Waals surface area contributed by atoms with Crippen LogP contribution in [0.3, 0.4) is 0 Å². The minimum Gasteiger partial charge on any atom is -0.495 e. The molecule has 0 bridgehead atoms.